The number of benzene rings is 2. The van der Waals surface area contributed by atoms with Crippen molar-refractivity contribution in [2.45, 2.75) is 6.42 Å². The van der Waals surface area contributed by atoms with Crippen molar-refractivity contribution in [1.82, 2.24) is 0 Å². The predicted octanol–water partition coefficient (Wildman–Crippen LogP) is 2.71. The molecule has 2 aromatic rings. The van der Waals surface area contributed by atoms with Crippen molar-refractivity contribution in [1.29, 1.82) is 5.26 Å². The van der Waals surface area contributed by atoms with Crippen LogP contribution in [0.5, 0.6) is 11.5 Å². The zero-order valence-electron chi connectivity index (χ0n) is 11.0. The van der Waals surface area contributed by atoms with Crippen LogP contribution in [-0.4, -0.2) is 13.1 Å². The second-order valence-corrected chi connectivity index (χ2v) is 4.10. The van der Waals surface area contributed by atoms with Crippen LogP contribution >= 0.6 is 0 Å². The van der Waals surface area contributed by atoms with E-state index >= 15 is 0 Å². The Kier molecular flexibility index (Phi) is 4.35. The molecule has 2 rings (SSSR count). The number of rotatable bonds is 4. The smallest absolute Gasteiger partial charge is 0.315 e. The lowest BCUT2D eigenvalue weighted by molar-refractivity contribution is -0.133. The van der Waals surface area contributed by atoms with Crippen LogP contribution in [0, 0.1) is 11.3 Å². The fraction of sp³-hybridized carbons (Fsp3) is 0.125. The van der Waals surface area contributed by atoms with E-state index in [1.807, 2.05) is 24.3 Å². The first-order valence-electron chi connectivity index (χ1n) is 6.05. The molecule has 100 valence electrons. The lowest BCUT2D eigenvalue weighted by atomic mass is 10.1. The molecule has 4 heteroatoms. The van der Waals surface area contributed by atoms with Gasteiger partial charge in [-0.25, -0.2) is 0 Å². The summed E-state index contributed by atoms with van der Waals surface area (Å²) < 4.78 is 10.4. The summed E-state index contributed by atoms with van der Waals surface area (Å²) in [6.45, 7) is 0. The van der Waals surface area contributed by atoms with Gasteiger partial charge in [-0.2, -0.15) is 5.26 Å². The summed E-state index contributed by atoms with van der Waals surface area (Å²) in [5.74, 6) is 0.701. The Bertz CT molecular complexity index is 642. The highest BCUT2D eigenvalue weighted by Gasteiger charge is 2.10. The Balaban J connectivity index is 2.03. The predicted molar refractivity (Wildman–Crippen MR) is 73.5 cm³/mol. The molecule has 0 aliphatic carbocycles. The molecule has 0 saturated heterocycles. The van der Waals surface area contributed by atoms with Gasteiger partial charge in [0.15, 0.2) is 0 Å². The Hall–Kier alpha value is -2.80. The maximum Gasteiger partial charge on any atom is 0.315 e. The lowest BCUT2D eigenvalue weighted by Crippen LogP contribution is -2.11. The number of hydrogen-bond donors (Lipinski definition) is 0. The number of methoxy groups -OCH3 is 1. The molecule has 2 aromatic carbocycles. The summed E-state index contributed by atoms with van der Waals surface area (Å²) in [6, 6.07) is 15.7. The first kappa shape index (κ1) is 13.6. The Morgan fingerprint density at radius 1 is 1.15 bits per heavy atom. The van der Waals surface area contributed by atoms with E-state index in [-0.39, 0.29) is 12.4 Å². The minimum atomic E-state index is -0.376. The molecule has 0 unspecified atom stereocenters. The maximum absolute atomic E-state index is 11.9. The van der Waals surface area contributed by atoms with E-state index in [1.165, 1.54) is 0 Å². The molecule has 0 heterocycles. The molecule has 0 atom stereocenters. The zero-order valence-corrected chi connectivity index (χ0v) is 11.0. The van der Waals surface area contributed by atoms with Gasteiger partial charge in [-0.05, 0) is 30.3 Å². The normalized spacial score (nSPS) is 9.60. The van der Waals surface area contributed by atoms with E-state index < -0.39 is 0 Å². The topological polar surface area (TPSA) is 59.3 Å². The van der Waals surface area contributed by atoms with Gasteiger partial charge >= 0.3 is 5.97 Å². The minimum absolute atomic E-state index is 0.129. The molecule has 0 saturated carbocycles. The molecule has 0 aliphatic heterocycles. The summed E-state index contributed by atoms with van der Waals surface area (Å²) in [7, 11) is 1.56. The number of carbonyl (C=O) groups excluding carboxylic acids is 1. The van der Waals surface area contributed by atoms with E-state index in [0.29, 0.717) is 17.1 Å². The Labute approximate surface area is 117 Å². The number of hydrogen-bond acceptors (Lipinski definition) is 4. The quantitative estimate of drug-likeness (QED) is 0.631. The number of nitrogens with zero attached hydrogens (tertiary/aromatic N) is 1. The number of ether oxygens (including phenoxy) is 2. The van der Waals surface area contributed by atoms with Crippen LogP contribution in [0.4, 0.5) is 0 Å². The van der Waals surface area contributed by atoms with Gasteiger partial charge in [0, 0.05) is 5.56 Å². The molecule has 0 amide bonds. The average Bonchev–Trinajstić information content (AvgIpc) is 2.48. The van der Waals surface area contributed by atoms with Gasteiger partial charge in [0.2, 0.25) is 0 Å². The second kappa shape index (κ2) is 6.39. The van der Waals surface area contributed by atoms with Gasteiger partial charge in [-0.3, -0.25) is 4.79 Å². The first-order chi connectivity index (χ1) is 9.72. The highest BCUT2D eigenvalue weighted by molar-refractivity contribution is 5.76. The molecule has 0 bridgehead atoms. The molecule has 0 aromatic heterocycles. The average molecular weight is 267 g/mol. The number of esters is 1. The molecule has 0 radical (unpaired) electrons. The highest BCUT2D eigenvalue weighted by Crippen LogP contribution is 2.19. The first-order valence-corrected chi connectivity index (χ1v) is 6.05. The fourth-order valence-corrected chi connectivity index (χ4v) is 1.77. The van der Waals surface area contributed by atoms with Crippen LogP contribution in [-0.2, 0) is 11.2 Å². The second-order valence-electron chi connectivity index (χ2n) is 4.10. The van der Waals surface area contributed by atoms with Crippen LogP contribution in [0.1, 0.15) is 11.1 Å². The Morgan fingerprint density at radius 2 is 1.85 bits per heavy atom. The van der Waals surface area contributed by atoms with Crippen LogP contribution in [0.15, 0.2) is 48.5 Å². The Morgan fingerprint density at radius 3 is 2.50 bits per heavy atom. The molecule has 4 nitrogen and oxygen atoms in total. The summed E-state index contributed by atoms with van der Waals surface area (Å²) in [5.41, 5.74) is 1.29. The van der Waals surface area contributed by atoms with Crippen molar-refractivity contribution >= 4 is 5.97 Å². The van der Waals surface area contributed by atoms with Gasteiger partial charge in [-0.15, -0.1) is 0 Å². The summed E-state index contributed by atoms with van der Waals surface area (Å²) in [5, 5.41) is 8.69. The van der Waals surface area contributed by atoms with Crippen molar-refractivity contribution < 1.29 is 14.3 Å². The molecular formula is C16H13NO3. The van der Waals surface area contributed by atoms with E-state index in [2.05, 4.69) is 0 Å². The van der Waals surface area contributed by atoms with Gasteiger partial charge < -0.3 is 9.47 Å². The standard InChI is InChI=1S/C16H13NO3/c1-19-15-5-3-2-4-13(15)10-16(18)20-14-8-6-12(11-17)7-9-14/h2-9H,10H2,1H3. The van der Waals surface area contributed by atoms with Gasteiger partial charge in [0.05, 0.1) is 25.2 Å². The van der Waals surface area contributed by atoms with Crippen molar-refractivity contribution in [3.8, 4) is 17.6 Å². The number of nitriles is 1. The SMILES string of the molecule is COc1ccccc1CC(=O)Oc1ccc(C#N)cc1. The molecule has 0 spiro atoms. The number of carbonyl (C=O) groups is 1. The van der Waals surface area contributed by atoms with Crippen LogP contribution in [0.3, 0.4) is 0 Å². The highest BCUT2D eigenvalue weighted by atomic mass is 16.5. The van der Waals surface area contributed by atoms with Crippen LogP contribution < -0.4 is 9.47 Å². The molecule has 0 fully saturated rings. The fourth-order valence-electron chi connectivity index (χ4n) is 1.77. The van der Waals surface area contributed by atoms with Crippen LogP contribution in [0.2, 0.25) is 0 Å². The molecule has 0 N–H and O–H groups in total. The molecular weight excluding hydrogens is 254 g/mol. The van der Waals surface area contributed by atoms with E-state index in [4.69, 9.17) is 14.7 Å². The molecule has 20 heavy (non-hydrogen) atoms. The van der Waals surface area contributed by atoms with Crippen LogP contribution in [0.25, 0.3) is 0 Å². The van der Waals surface area contributed by atoms with E-state index in [9.17, 15) is 4.79 Å². The number of para-hydroxylation sites is 1. The third kappa shape index (κ3) is 3.36. The third-order valence-electron chi connectivity index (χ3n) is 2.74. The van der Waals surface area contributed by atoms with Gasteiger partial charge in [0.25, 0.3) is 0 Å². The summed E-state index contributed by atoms with van der Waals surface area (Å²) in [6.07, 6.45) is 0.129. The summed E-state index contributed by atoms with van der Waals surface area (Å²) in [4.78, 5) is 11.9. The zero-order chi connectivity index (χ0) is 14.4. The van der Waals surface area contributed by atoms with Crippen molar-refractivity contribution in [3.05, 3.63) is 59.7 Å². The minimum Gasteiger partial charge on any atom is -0.496 e. The summed E-state index contributed by atoms with van der Waals surface area (Å²) >= 11 is 0. The monoisotopic (exact) mass is 267 g/mol. The molecule has 0 aliphatic rings. The lowest BCUT2D eigenvalue weighted by Gasteiger charge is -2.08. The maximum atomic E-state index is 11.9. The van der Waals surface area contributed by atoms with Crippen molar-refractivity contribution in [2.24, 2.45) is 0 Å². The van der Waals surface area contributed by atoms with Gasteiger partial charge in [-0.1, -0.05) is 18.2 Å². The van der Waals surface area contributed by atoms with Crippen molar-refractivity contribution in [3.63, 3.8) is 0 Å². The van der Waals surface area contributed by atoms with Gasteiger partial charge in [0.1, 0.15) is 11.5 Å². The third-order valence-corrected chi connectivity index (χ3v) is 2.74. The largest absolute Gasteiger partial charge is 0.496 e. The van der Waals surface area contributed by atoms with E-state index in [1.54, 1.807) is 37.4 Å². The van der Waals surface area contributed by atoms with Crippen molar-refractivity contribution in [2.75, 3.05) is 7.11 Å². The van der Waals surface area contributed by atoms with E-state index in [0.717, 1.165) is 5.56 Å².